The molecule has 0 heterocycles. The van der Waals surface area contributed by atoms with Crippen molar-refractivity contribution in [2.45, 2.75) is 25.3 Å². The van der Waals surface area contributed by atoms with Gasteiger partial charge in [-0.15, -0.1) is 0 Å². The van der Waals surface area contributed by atoms with Gasteiger partial charge in [0.25, 0.3) is 0 Å². The van der Waals surface area contributed by atoms with Gasteiger partial charge in [0.15, 0.2) is 0 Å². The molecule has 0 aromatic heterocycles. The zero-order chi connectivity index (χ0) is 5.70. The summed E-state index contributed by atoms with van der Waals surface area (Å²) in [4.78, 5) is 0. The molecule has 0 rings (SSSR count). The molecule has 0 spiro atoms. The van der Waals surface area contributed by atoms with E-state index in [0.29, 0.717) is 0 Å². The summed E-state index contributed by atoms with van der Waals surface area (Å²) in [7, 11) is 0. The summed E-state index contributed by atoms with van der Waals surface area (Å²) in [6.45, 7) is 2.08. The molecule has 1 atom stereocenters. The van der Waals surface area contributed by atoms with Gasteiger partial charge in [-0.3, -0.25) is 0 Å². The molecule has 0 bridgehead atoms. The van der Waals surface area contributed by atoms with Crippen molar-refractivity contribution in [1.82, 2.24) is 0 Å². The molecule has 0 aromatic rings. The molecule has 41 valence electrons. The first kappa shape index (κ1) is 7.96. The maximum absolute atomic E-state index is 5.54. The summed E-state index contributed by atoms with van der Waals surface area (Å²) in [6.07, 6.45) is 2.03. The first-order valence-electron chi connectivity index (χ1n) is 2.27. The normalized spacial score (nSPS) is 13.9. The van der Waals surface area contributed by atoms with Crippen LogP contribution in [0.15, 0.2) is 0 Å². The quantitative estimate of drug-likeness (QED) is 0.446. The summed E-state index contributed by atoms with van der Waals surface area (Å²) in [5, 5.41) is 0. The van der Waals surface area contributed by atoms with E-state index in [9.17, 15) is 0 Å². The van der Waals surface area contributed by atoms with Gasteiger partial charge < -0.3 is 0 Å². The molecule has 1 nitrogen and oxygen atoms in total. The van der Waals surface area contributed by atoms with Crippen molar-refractivity contribution in [3.63, 3.8) is 0 Å². The molecular weight excluding hydrogens is 147 g/mol. The molecule has 0 amide bonds. The molecule has 0 aliphatic carbocycles. The monoisotopic (exact) mass is 155 g/mol. The average molecular weight is 155 g/mol. The van der Waals surface area contributed by atoms with E-state index in [1.165, 1.54) is 0 Å². The first-order chi connectivity index (χ1) is 3.31. The molecule has 7 heavy (non-hydrogen) atoms. The molecule has 0 radical (unpaired) electrons. The molecule has 0 saturated heterocycles. The Bertz CT molecular complexity index is 42.7. The van der Waals surface area contributed by atoms with Gasteiger partial charge in [0.2, 0.25) is 0 Å². The molecule has 0 saturated carbocycles. The van der Waals surface area contributed by atoms with Gasteiger partial charge in [-0.2, -0.15) is 0 Å². The molecule has 0 aliphatic rings. The van der Waals surface area contributed by atoms with Crippen LogP contribution in [0.3, 0.4) is 0 Å². The Morgan fingerprint density at radius 1 is 1.86 bits per heavy atom. The van der Waals surface area contributed by atoms with Crippen molar-refractivity contribution in [1.29, 1.82) is 0 Å². The van der Waals surface area contributed by atoms with Crippen molar-refractivity contribution in [2.75, 3.05) is 0 Å². The standard InChI is InChI=1S/C4H8ClO.Ti/c1-2-3-4(5)6;/h4H,2-3H2,1H3;/q-1;+1. The van der Waals surface area contributed by atoms with Gasteiger partial charge in [0.05, 0.1) is 0 Å². The van der Waals surface area contributed by atoms with Crippen LogP contribution in [-0.4, -0.2) is 5.56 Å². The second-order valence-electron chi connectivity index (χ2n) is 1.32. The van der Waals surface area contributed by atoms with Crippen LogP contribution < -0.4 is 0 Å². The van der Waals surface area contributed by atoms with Gasteiger partial charge in [-0.1, -0.05) is 0 Å². The van der Waals surface area contributed by atoms with E-state index in [-0.39, 0.29) is 5.56 Å². The van der Waals surface area contributed by atoms with Crippen molar-refractivity contribution in [3.05, 3.63) is 0 Å². The van der Waals surface area contributed by atoms with E-state index in [1.54, 1.807) is 20.8 Å². The minimum absolute atomic E-state index is 0.0787. The third-order valence-corrected chi connectivity index (χ3v) is 1.63. The molecule has 0 aromatic carbocycles. The second kappa shape index (κ2) is 5.11. The Morgan fingerprint density at radius 3 is 2.57 bits per heavy atom. The number of hydrogen-bond acceptors (Lipinski definition) is 1. The van der Waals surface area contributed by atoms with Crippen LogP contribution >= 0.6 is 11.6 Å². The van der Waals surface area contributed by atoms with Crippen molar-refractivity contribution < 1.29 is 24.1 Å². The van der Waals surface area contributed by atoms with Crippen molar-refractivity contribution >= 4 is 11.6 Å². The SMILES string of the molecule is CCCC(Cl)[O][Ti]. The Morgan fingerprint density at radius 2 is 2.43 bits per heavy atom. The number of hydrogen-bond donors (Lipinski definition) is 0. The second-order valence-corrected chi connectivity index (χ2v) is 2.17. The van der Waals surface area contributed by atoms with Crippen LogP contribution in [-0.2, 0) is 24.1 Å². The summed E-state index contributed by atoms with van der Waals surface area (Å²) in [5.74, 6) is 0. The minimum atomic E-state index is -0.0787. The van der Waals surface area contributed by atoms with Gasteiger partial charge >= 0.3 is 61.1 Å². The van der Waals surface area contributed by atoms with E-state index in [4.69, 9.17) is 14.9 Å². The van der Waals surface area contributed by atoms with E-state index in [2.05, 4.69) is 6.92 Å². The molecule has 0 fully saturated rings. The van der Waals surface area contributed by atoms with Gasteiger partial charge in [0.1, 0.15) is 0 Å². The molecular formula is C4H8ClOTi. The van der Waals surface area contributed by atoms with Crippen LogP contribution in [0.4, 0.5) is 0 Å². The Hall–Kier alpha value is 0.964. The number of rotatable bonds is 3. The zero-order valence-corrected chi connectivity index (χ0v) is 6.60. The predicted octanol–water partition coefficient (Wildman–Crippen LogP) is 1.83. The Kier molecular flexibility index (Phi) is 5.81. The number of alkyl halides is 1. The maximum atomic E-state index is 5.54. The van der Waals surface area contributed by atoms with E-state index < -0.39 is 0 Å². The summed E-state index contributed by atoms with van der Waals surface area (Å²) in [6, 6.07) is 0. The van der Waals surface area contributed by atoms with Crippen LogP contribution in [0.25, 0.3) is 0 Å². The van der Waals surface area contributed by atoms with Crippen molar-refractivity contribution in [2.24, 2.45) is 0 Å². The zero-order valence-electron chi connectivity index (χ0n) is 4.28. The third kappa shape index (κ3) is 4.82. The molecule has 3 heteroatoms. The fourth-order valence-corrected chi connectivity index (χ4v) is 0.688. The van der Waals surface area contributed by atoms with E-state index >= 15 is 0 Å². The molecule has 0 N–H and O–H groups in total. The molecule has 1 unspecified atom stereocenters. The van der Waals surface area contributed by atoms with Gasteiger partial charge in [-0.25, -0.2) is 0 Å². The summed E-state index contributed by atoms with van der Waals surface area (Å²) >= 11 is 7.16. The van der Waals surface area contributed by atoms with Crippen molar-refractivity contribution in [3.8, 4) is 0 Å². The predicted molar refractivity (Wildman–Crippen MR) is 25.6 cm³/mol. The average Bonchev–Trinajstić information content (AvgIpc) is 1.68. The fraction of sp³-hybridized carbons (Fsp3) is 1.00. The van der Waals surface area contributed by atoms with Crippen LogP contribution in [0.5, 0.6) is 0 Å². The fourth-order valence-electron chi connectivity index (χ4n) is 0.286. The summed E-state index contributed by atoms with van der Waals surface area (Å²) < 4.78 is 4.76. The van der Waals surface area contributed by atoms with Crippen LogP contribution in [0, 0.1) is 0 Å². The molecule has 0 aliphatic heterocycles. The van der Waals surface area contributed by atoms with E-state index in [1.807, 2.05) is 0 Å². The van der Waals surface area contributed by atoms with Crippen LogP contribution in [0.2, 0.25) is 0 Å². The Labute approximate surface area is 61.3 Å². The van der Waals surface area contributed by atoms with Gasteiger partial charge in [-0.05, 0) is 0 Å². The first-order valence-corrected chi connectivity index (χ1v) is 3.35. The van der Waals surface area contributed by atoms with E-state index in [0.717, 1.165) is 12.8 Å². The third-order valence-electron chi connectivity index (χ3n) is 0.644. The Balaban J connectivity index is 2.83. The van der Waals surface area contributed by atoms with Crippen LogP contribution in [0.1, 0.15) is 19.8 Å². The topological polar surface area (TPSA) is 9.23 Å². The van der Waals surface area contributed by atoms with Gasteiger partial charge in [0, 0.05) is 0 Å². The summed E-state index contributed by atoms with van der Waals surface area (Å²) in [5.41, 5.74) is -0.0787. The number of halogens is 1.